The van der Waals surface area contributed by atoms with Crippen molar-refractivity contribution < 1.29 is 0 Å². The Hall–Kier alpha value is -0.0800. The monoisotopic (exact) mass is 266 g/mol. The molecule has 2 fully saturated rings. The molecule has 1 N–H and O–H groups in total. The van der Waals surface area contributed by atoms with Gasteiger partial charge in [-0.2, -0.15) is 0 Å². The second kappa shape index (κ2) is 7.64. The van der Waals surface area contributed by atoms with Crippen LogP contribution in [0.1, 0.15) is 72.1 Å². The number of rotatable bonds is 5. The Balaban J connectivity index is 2.03. The number of hydrogen-bond donors (Lipinski definition) is 1. The molecular weight excluding hydrogens is 232 g/mol. The second-order valence-electron chi connectivity index (χ2n) is 6.96. The van der Waals surface area contributed by atoms with Gasteiger partial charge in [-0.15, -0.1) is 0 Å². The van der Waals surface area contributed by atoms with Gasteiger partial charge in [-0.05, 0) is 51.1 Å². The molecule has 1 saturated heterocycles. The van der Waals surface area contributed by atoms with Crippen LogP contribution in [0.5, 0.6) is 0 Å². The molecule has 2 nitrogen and oxygen atoms in total. The van der Waals surface area contributed by atoms with Gasteiger partial charge in [-0.1, -0.05) is 40.0 Å². The highest BCUT2D eigenvalue weighted by atomic mass is 15.2. The lowest BCUT2D eigenvalue weighted by molar-refractivity contribution is 0.109. The molecule has 2 rings (SSSR count). The van der Waals surface area contributed by atoms with Gasteiger partial charge in [0.2, 0.25) is 0 Å². The van der Waals surface area contributed by atoms with Crippen molar-refractivity contribution in [2.45, 2.75) is 90.3 Å². The van der Waals surface area contributed by atoms with Crippen LogP contribution in [-0.4, -0.2) is 36.1 Å². The summed E-state index contributed by atoms with van der Waals surface area (Å²) in [6, 6.07) is 2.40. The highest BCUT2D eigenvalue weighted by Crippen LogP contribution is 2.31. The Morgan fingerprint density at radius 1 is 1.05 bits per heavy atom. The Bertz CT molecular complexity index is 252. The standard InChI is InChI=1S/C17H34N2/c1-4-12-18-15-9-6-5-7-10-17(15)19-13-8-11-16(19)14(2)3/h14-18H,4-13H2,1-3H3. The van der Waals surface area contributed by atoms with Crippen molar-refractivity contribution in [3.8, 4) is 0 Å². The van der Waals surface area contributed by atoms with E-state index >= 15 is 0 Å². The van der Waals surface area contributed by atoms with Gasteiger partial charge in [0.05, 0.1) is 0 Å². The molecule has 0 amide bonds. The molecule has 112 valence electrons. The summed E-state index contributed by atoms with van der Waals surface area (Å²) in [7, 11) is 0. The maximum Gasteiger partial charge on any atom is 0.0252 e. The molecule has 2 aliphatic rings. The van der Waals surface area contributed by atoms with Gasteiger partial charge in [-0.25, -0.2) is 0 Å². The van der Waals surface area contributed by atoms with Gasteiger partial charge in [0.15, 0.2) is 0 Å². The van der Waals surface area contributed by atoms with Crippen molar-refractivity contribution in [1.29, 1.82) is 0 Å². The number of hydrogen-bond acceptors (Lipinski definition) is 2. The summed E-state index contributed by atoms with van der Waals surface area (Å²) >= 11 is 0. The van der Waals surface area contributed by atoms with E-state index in [0.29, 0.717) is 0 Å². The smallest absolute Gasteiger partial charge is 0.0252 e. The van der Waals surface area contributed by atoms with Crippen LogP contribution in [0.25, 0.3) is 0 Å². The predicted octanol–water partition coefficient (Wildman–Crippen LogP) is 3.81. The normalized spacial score (nSPS) is 33.8. The van der Waals surface area contributed by atoms with Crippen LogP contribution in [0.4, 0.5) is 0 Å². The van der Waals surface area contributed by atoms with E-state index in [2.05, 4.69) is 31.0 Å². The van der Waals surface area contributed by atoms with Crippen LogP contribution in [0, 0.1) is 5.92 Å². The molecule has 0 spiro atoms. The van der Waals surface area contributed by atoms with Crippen molar-refractivity contribution in [2.75, 3.05) is 13.1 Å². The van der Waals surface area contributed by atoms with Gasteiger partial charge in [0, 0.05) is 18.1 Å². The van der Waals surface area contributed by atoms with E-state index in [-0.39, 0.29) is 0 Å². The first-order chi connectivity index (χ1) is 9.24. The van der Waals surface area contributed by atoms with Crippen molar-refractivity contribution in [2.24, 2.45) is 5.92 Å². The zero-order chi connectivity index (χ0) is 13.7. The first-order valence-electron chi connectivity index (χ1n) is 8.73. The quantitative estimate of drug-likeness (QED) is 0.761. The lowest BCUT2D eigenvalue weighted by Gasteiger charge is -2.39. The molecule has 1 aliphatic carbocycles. The zero-order valence-electron chi connectivity index (χ0n) is 13.3. The van der Waals surface area contributed by atoms with E-state index < -0.39 is 0 Å². The number of nitrogens with zero attached hydrogens (tertiary/aromatic N) is 1. The van der Waals surface area contributed by atoms with Crippen LogP contribution < -0.4 is 5.32 Å². The predicted molar refractivity (Wildman–Crippen MR) is 83.5 cm³/mol. The van der Waals surface area contributed by atoms with Crippen molar-refractivity contribution >= 4 is 0 Å². The Morgan fingerprint density at radius 2 is 1.84 bits per heavy atom. The third-order valence-corrected chi connectivity index (χ3v) is 5.17. The first kappa shape index (κ1) is 15.3. The Labute approximate surface area is 120 Å². The molecule has 2 heteroatoms. The second-order valence-corrected chi connectivity index (χ2v) is 6.96. The van der Waals surface area contributed by atoms with Gasteiger partial charge < -0.3 is 5.32 Å². The van der Waals surface area contributed by atoms with E-state index in [9.17, 15) is 0 Å². The van der Waals surface area contributed by atoms with Crippen LogP contribution in [-0.2, 0) is 0 Å². The summed E-state index contributed by atoms with van der Waals surface area (Å²) in [4.78, 5) is 2.88. The third kappa shape index (κ3) is 3.95. The van der Waals surface area contributed by atoms with E-state index in [4.69, 9.17) is 0 Å². The van der Waals surface area contributed by atoms with Crippen LogP contribution in [0.3, 0.4) is 0 Å². The molecule has 19 heavy (non-hydrogen) atoms. The molecule has 3 atom stereocenters. The molecule has 0 aromatic rings. The molecule has 1 saturated carbocycles. The van der Waals surface area contributed by atoms with Crippen molar-refractivity contribution in [1.82, 2.24) is 10.2 Å². The largest absolute Gasteiger partial charge is 0.312 e. The lowest BCUT2D eigenvalue weighted by atomic mass is 9.96. The fraction of sp³-hybridized carbons (Fsp3) is 1.00. The molecule has 0 radical (unpaired) electrons. The lowest BCUT2D eigenvalue weighted by Crippen LogP contribution is -2.52. The average Bonchev–Trinajstić information content (AvgIpc) is 2.76. The van der Waals surface area contributed by atoms with E-state index in [1.807, 2.05) is 0 Å². The maximum atomic E-state index is 3.86. The van der Waals surface area contributed by atoms with Gasteiger partial charge in [0.25, 0.3) is 0 Å². The van der Waals surface area contributed by atoms with Crippen LogP contribution >= 0.6 is 0 Å². The third-order valence-electron chi connectivity index (χ3n) is 5.17. The number of likely N-dealkylation sites (tertiary alicyclic amines) is 1. The SMILES string of the molecule is CCCNC1CCCCCC1N1CCCC1C(C)C. The van der Waals surface area contributed by atoms with Crippen LogP contribution in [0.2, 0.25) is 0 Å². The minimum absolute atomic E-state index is 0.752. The zero-order valence-corrected chi connectivity index (χ0v) is 13.3. The van der Waals surface area contributed by atoms with Crippen molar-refractivity contribution in [3.63, 3.8) is 0 Å². The summed E-state index contributed by atoms with van der Waals surface area (Å²) in [6.07, 6.45) is 11.2. The highest BCUT2D eigenvalue weighted by Gasteiger charge is 2.36. The topological polar surface area (TPSA) is 15.3 Å². The maximum absolute atomic E-state index is 3.86. The molecule has 1 aliphatic heterocycles. The molecule has 3 unspecified atom stereocenters. The van der Waals surface area contributed by atoms with E-state index in [1.165, 1.54) is 64.5 Å². The number of nitrogens with one attached hydrogen (secondary N) is 1. The Morgan fingerprint density at radius 3 is 2.58 bits per heavy atom. The van der Waals surface area contributed by atoms with Crippen molar-refractivity contribution in [3.05, 3.63) is 0 Å². The summed E-state index contributed by atoms with van der Waals surface area (Å²) < 4.78 is 0. The Kier molecular flexibility index (Phi) is 6.15. The molecule has 0 bridgehead atoms. The molecular formula is C17H34N2. The summed E-state index contributed by atoms with van der Waals surface area (Å²) in [5, 5.41) is 3.86. The fourth-order valence-electron chi connectivity index (χ4n) is 4.20. The molecule has 1 heterocycles. The minimum atomic E-state index is 0.752. The fourth-order valence-corrected chi connectivity index (χ4v) is 4.20. The molecule has 0 aromatic carbocycles. The van der Waals surface area contributed by atoms with Gasteiger partial charge in [0.1, 0.15) is 0 Å². The summed E-state index contributed by atoms with van der Waals surface area (Å²) in [6.45, 7) is 9.65. The average molecular weight is 266 g/mol. The first-order valence-corrected chi connectivity index (χ1v) is 8.73. The van der Waals surface area contributed by atoms with Gasteiger partial charge >= 0.3 is 0 Å². The highest BCUT2D eigenvalue weighted by molar-refractivity contribution is 4.93. The van der Waals surface area contributed by atoms with Crippen LogP contribution in [0.15, 0.2) is 0 Å². The minimum Gasteiger partial charge on any atom is -0.312 e. The summed E-state index contributed by atoms with van der Waals surface area (Å²) in [5.74, 6) is 0.817. The summed E-state index contributed by atoms with van der Waals surface area (Å²) in [5.41, 5.74) is 0. The van der Waals surface area contributed by atoms with E-state index in [0.717, 1.165) is 24.0 Å². The molecule has 0 aromatic heterocycles. The van der Waals surface area contributed by atoms with Gasteiger partial charge in [-0.3, -0.25) is 4.90 Å². The van der Waals surface area contributed by atoms with E-state index in [1.54, 1.807) is 0 Å².